The van der Waals surface area contributed by atoms with E-state index in [-0.39, 0.29) is 17.6 Å². The number of amides is 1. The molecular weight excluding hydrogens is 403 g/mol. The van der Waals surface area contributed by atoms with Crippen molar-refractivity contribution in [2.24, 2.45) is 5.92 Å². The quantitative estimate of drug-likeness (QED) is 0.526. The van der Waals surface area contributed by atoms with E-state index in [9.17, 15) is 9.18 Å². The van der Waals surface area contributed by atoms with E-state index in [0.717, 1.165) is 27.7 Å². The summed E-state index contributed by atoms with van der Waals surface area (Å²) in [4.78, 5) is 21.2. The molecule has 0 spiro atoms. The minimum Gasteiger partial charge on any atom is -0.383 e. The van der Waals surface area contributed by atoms with E-state index in [1.54, 1.807) is 25.4 Å². The number of halogens is 1. The van der Waals surface area contributed by atoms with Crippen LogP contribution in [0.4, 0.5) is 10.2 Å². The highest BCUT2D eigenvalue weighted by Gasteiger charge is 2.20. The first-order chi connectivity index (χ1) is 14.4. The normalized spacial score (nSPS) is 11.1. The number of pyridine rings is 1. The summed E-state index contributed by atoms with van der Waals surface area (Å²) in [6.07, 6.45) is 3.62. The summed E-state index contributed by atoms with van der Waals surface area (Å²) in [5.41, 5.74) is 3.27. The molecule has 8 heteroatoms. The average molecular weight is 429 g/mol. The summed E-state index contributed by atoms with van der Waals surface area (Å²) in [6.45, 7) is 4.78. The molecule has 0 atom stereocenters. The van der Waals surface area contributed by atoms with Gasteiger partial charge in [-0.2, -0.15) is 0 Å². The smallest absolute Gasteiger partial charge is 0.228 e. The molecule has 3 aromatic rings. The number of ether oxygens (including phenoxy) is 1. The monoisotopic (exact) mass is 428 g/mol. The number of methoxy groups -OCH3 is 1. The molecule has 6 nitrogen and oxygen atoms in total. The molecule has 3 rings (SSSR count). The van der Waals surface area contributed by atoms with E-state index >= 15 is 0 Å². The molecule has 0 saturated heterocycles. The van der Waals surface area contributed by atoms with Crippen molar-refractivity contribution in [1.29, 1.82) is 0 Å². The van der Waals surface area contributed by atoms with Gasteiger partial charge in [0, 0.05) is 36.9 Å². The van der Waals surface area contributed by atoms with Gasteiger partial charge in [-0.25, -0.2) is 14.4 Å². The highest BCUT2D eigenvalue weighted by atomic mass is 32.2. The van der Waals surface area contributed by atoms with Crippen molar-refractivity contribution < 1.29 is 13.9 Å². The Morgan fingerprint density at radius 3 is 2.60 bits per heavy atom. The molecule has 0 aliphatic heterocycles. The fourth-order valence-corrected chi connectivity index (χ4v) is 3.58. The molecule has 1 N–H and O–H groups in total. The minimum atomic E-state index is -0.299. The van der Waals surface area contributed by atoms with Crippen LogP contribution in [-0.4, -0.2) is 40.4 Å². The van der Waals surface area contributed by atoms with Crippen LogP contribution >= 0.6 is 11.8 Å². The Morgan fingerprint density at radius 2 is 1.97 bits per heavy atom. The molecule has 0 radical (unpaired) electrons. The van der Waals surface area contributed by atoms with Crippen LogP contribution in [0, 0.1) is 11.7 Å². The zero-order chi connectivity index (χ0) is 21.7. The lowest BCUT2D eigenvalue weighted by Gasteiger charge is -2.13. The van der Waals surface area contributed by atoms with Crippen molar-refractivity contribution in [3.63, 3.8) is 0 Å². The second-order valence-electron chi connectivity index (χ2n) is 7.02. The molecule has 0 saturated carbocycles. The Labute approximate surface area is 179 Å². The number of nitrogens with zero attached hydrogens (tertiary/aromatic N) is 3. The van der Waals surface area contributed by atoms with E-state index < -0.39 is 0 Å². The third kappa shape index (κ3) is 4.88. The van der Waals surface area contributed by atoms with E-state index in [1.807, 2.05) is 32.2 Å². The Balaban J connectivity index is 2.15. The summed E-state index contributed by atoms with van der Waals surface area (Å²) < 4.78 is 20.9. The number of thioether (sulfide) groups is 1. The van der Waals surface area contributed by atoms with Gasteiger partial charge in [-0.3, -0.25) is 4.79 Å². The number of carbonyl (C=O) groups is 1. The number of anilines is 1. The van der Waals surface area contributed by atoms with Gasteiger partial charge in [-0.1, -0.05) is 25.6 Å². The predicted octanol–water partition coefficient (Wildman–Crippen LogP) is 4.71. The Morgan fingerprint density at radius 1 is 1.23 bits per heavy atom. The molecule has 0 unspecified atom stereocenters. The lowest BCUT2D eigenvalue weighted by atomic mass is 10.1. The lowest BCUT2D eigenvalue weighted by Crippen LogP contribution is -2.18. The topological polar surface area (TPSA) is 69.0 Å². The third-order valence-corrected chi connectivity index (χ3v) is 5.24. The van der Waals surface area contributed by atoms with E-state index in [2.05, 4.69) is 14.9 Å². The summed E-state index contributed by atoms with van der Waals surface area (Å²) in [7, 11) is 1.65. The van der Waals surface area contributed by atoms with Crippen LogP contribution in [0.3, 0.4) is 0 Å². The van der Waals surface area contributed by atoms with Gasteiger partial charge < -0.3 is 14.6 Å². The largest absolute Gasteiger partial charge is 0.383 e. The Kier molecular flexibility index (Phi) is 7.23. The maximum atomic E-state index is 13.5. The first-order valence-corrected chi connectivity index (χ1v) is 10.8. The van der Waals surface area contributed by atoms with Gasteiger partial charge >= 0.3 is 0 Å². The van der Waals surface area contributed by atoms with Crippen molar-refractivity contribution in [1.82, 2.24) is 14.5 Å². The van der Waals surface area contributed by atoms with Crippen LogP contribution in [0.25, 0.3) is 22.5 Å². The zero-order valence-corrected chi connectivity index (χ0v) is 18.3. The second kappa shape index (κ2) is 9.86. The fourth-order valence-electron chi connectivity index (χ4n) is 3.00. The number of hydrogen-bond acceptors (Lipinski definition) is 5. The van der Waals surface area contributed by atoms with Crippen molar-refractivity contribution >= 4 is 23.5 Å². The molecule has 2 aromatic heterocycles. The van der Waals surface area contributed by atoms with Crippen LogP contribution in [0.1, 0.15) is 13.8 Å². The van der Waals surface area contributed by atoms with Gasteiger partial charge in [0.2, 0.25) is 5.91 Å². The van der Waals surface area contributed by atoms with Gasteiger partial charge in [0.05, 0.1) is 18.0 Å². The summed E-state index contributed by atoms with van der Waals surface area (Å²) in [5, 5.41) is 3.67. The lowest BCUT2D eigenvalue weighted by molar-refractivity contribution is -0.118. The number of benzene rings is 1. The first kappa shape index (κ1) is 22.0. The maximum Gasteiger partial charge on any atom is 0.228 e. The van der Waals surface area contributed by atoms with Gasteiger partial charge in [-0.15, -0.1) is 0 Å². The number of nitrogens with one attached hydrogen (secondary N) is 1. The fraction of sp³-hybridized carbons (Fsp3) is 0.318. The standard InChI is InChI=1S/C22H25FN4O2S/c1-14(2)21(28)25-18-13-16(9-10-24-18)20-19(15-5-7-17(23)8-6-15)26-22(30-4)27(20)11-12-29-3/h5-10,13-14H,11-12H2,1-4H3,(H,24,25,28). The summed E-state index contributed by atoms with van der Waals surface area (Å²) >= 11 is 1.53. The van der Waals surface area contributed by atoms with Crippen LogP contribution in [0.5, 0.6) is 0 Å². The second-order valence-corrected chi connectivity index (χ2v) is 7.79. The summed E-state index contributed by atoms with van der Waals surface area (Å²) in [5.74, 6) is -0.0788. The van der Waals surface area contributed by atoms with Crippen LogP contribution < -0.4 is 5.32 Å². The predicted molar refractivity (Wildman–Crippen MR) is 118 cm³/mol. The molecule has 1 amide bonds. The van der Waals surface area contributed by atoms with Crippen LogP contribution in [0.2, 0.25) is 0 Å². The molecule has 158 valence electrons. The molecule has 2 heterocycles. The zero-order valence-electron chi connectivity index (χ0n) is 17.5. The van der Waals surface area contributed by atoms with Crippen molar-refractivity contribution in [2.75, 3.05) is 25.3 Å². The Bertz CT molecular complexity index is 1020. The highest BCUT2D eigenvalue weighted by molar-refractivity contribution is 7.98. The molecule has 0 aliphatic rings. The summed E-state index contributed by atoms with van der Waals surface area (Å²) in [6, 6.07) is 9.99. The van der Waals surface area contributed by atoms with Crippen LogP contribution in [-0.2, 0) is 16.1 Å². The van der Waals surface area contributed by atoms with Crippen molar-refractivity contribution in [3.8, 4) is 22.5 Å². The molecule has 30 heavy (non-hydrogen) atoms. The Hall–Kier alpha value is -2.71. The van der Waals surface area contributed by atoms with Crippen LogP contribution in [0.15, 0.2) is 47.8 Å². The number of hydrogen-bond donors (Lipinski definition) is 1. The first-order valence-electron chi connectivity index (χ1n) is 9.61. The van der Waals surface area contributed by atoms with Gasteiger partial charge in [-0.05, 0) is 42.7 Å². The molecular formula is C22H25FN4O2S. The van der Waals surface area contributed by atoms with Gasteiger partial charge in [0.1, 0.15) is 11.6 Å². The number of rotatable bonds is 8. The third-order valence-electron chi connectivity index (χ3n) is 4.56. The minimum absolute atomic E-state index is 0.101. The molecule has 0 fully saturated rings. The molecule has 0 bridgehead atoms. The van der Waals surface area contributed by atoms with Gasteiger partial charge in [0.15, 0.2) is 5.16 Å². The number of aromatic nitrogens is 3. The van der Waals surface area contributed by atoms with E-state index in [4.69, 9.17) is 9.72 Å². The maximum absolute atomic E-state index is 13.5. The average Bonchev–Trinajstić information content (AvgIpc) is 3.11. The number of carbonyl (C=O) groups excluding carboxylic acids is 1. The SMILES string of the molecule is COCCn1c(SC)nc(-c2ccc(F)cc2)c1-c1ccnc(NC(=O)C(C)C)c1. The highest BCUT2D eigenvalue weighted by Crippen LogP contribution is 2.36. The number of imidazole rings is 1. The van der Waals surface area contributed by atoms with Gasteiger partial charge in [0.25, 0.3) is 0 Å². The van der Waals surface area contributed by atoms with E-state index in [0.29, 0.717) is 19.0 Å². The van der Waals surface area contributed by atoms with Crippen molar-refractivity contribution in [2.45, 2.75) is 25.5 Å². The van der Waals surface area contributed by atoms with Crippen molar-refractivity contribution in [3.05, 3.63) is 48.4 Å². The molecule has 1 aromatic carbocycles. The van der Waals surface area contributed by atoms with E-state index in [1.165, 1.54) is 23.9 Å². The molecule has 0 aliphatic carbocycles.